The molecule has 0 aromatic heterocycles. The van der Waals surface area contributed by atoms with E-state index in [4.69, 9.17) is 4.74 Å². The number of ether oxygens (including phenoxy) is 1. The van der Waals surface area contributed by atoms with Crippen LogP contribution < -0.4 is 15.0 Å². The van der Waals surface area contributed by atoms with Crippen LogP contribution in [-0.2, 0) is 4.79 Å². The molecule has 0 fully saturated rings. The molecular formula is C20H25N3O3. The molecule has 6 heteroatoms. The molecule has 0 heterocycles. The lowest BCUT2D eigenvalue weighted by atomic mass is 10.1. The molecule has 0 spiro atoms. The summed E-state index contributed by atoms with van der Waals surface area (Å²) in [6.07, 6.45) is 0. The standard InChI is InChI=1S/C20H25N3O3/c1-15(24)23(4)17-11-9-16(10-12-17)21-20(25)18-7-5-6-8-19(18)26-14-13-22(2)3/h5-12H,13-14H2,1-4H3,(H,21,25). The first-order valence-electron chi connectivity index (χ1n) is 8.40. The van der Waals surface area contributed by atoms with Crippen molar-refractivity contribution in [3.8, 4) is 5.75 Å². The van der Waals surface area contributed by atoms with Gasteiger partial charge in [-0.05, 0) is 50.5 Å². The number of carbonyl (C=O) groups is 2. The van der Waals surface area contributed by atoms with Crippen LogP contribution in [0.2, 0.25) is 0 Å². The van der Waals surface area contributed by atoms with Crippen molar-refractivity contribution in [1.29, 1.82) is 0 Å². The van der Waals surface area contributed by atoms with Crippen LogP contribution in [-0.4, -0.2) is 51.0 Å². The molecule has 0 bridgehead atoms. The van der Waals surface area contributed by atoms with Crippen molar-refractivity contribution in [2.75, 3.05) is 44.5 Å². The van der Waals surface area contributed by atoms with Gasteiger partial charge < -0.3 is 19.9 Å². The van der Waals surface area contributed by atoms with Gasteiger partial charge in [-0.3, -0.25) is 9.59 Å². The summed E-state index contributed by atoms with van der Waals surface area (Å²) in [7, 11) is 5.64. The highest BCUT2D eigenvalue weighted by atomic mass is 16.5. The lowest BCUT2D eigenvalue weighted by Crippen LogP contribution is -2.22. The minimum absolute atomic E-state index is 0.0504. The van der Waals surface area contributed by atoms with Gasteiger partial charge in [-0.15, -0.1) is 0 Å². The fourth-order valence-corrected chi connectivity index (χ4v) is 2.27. The zero-order valence-corrected chi connectivity index (χ0v) is 15.7. The third kappa shape index (κ3) is 5.32. The van der Waals surface area contributed by atoms with Crippen molar-refractivity contribution < 1.29 is 14.3 Å². The molecule has 0 saturated heterocycles. The van der Waals surface area contributed by atoms with Crippen LogP contribution in [0.5, 0.6) is 5.75 Å². The van der Waals surface area contributed by atoms with E-state index in [0.29, 0.717) is 23.6 Å². The maximum Gasteiger partial charge on any atom is 0.259 e. The van der Waals surface area contributed by atoms with E-state index < -0.39 is 0 Å². The number of carbonyl (C=O) groups excluding carboxylic acids is 2. The number of likely N-dealkylation sites (N-methyl/N-ethyl adjacent to an activating group) is 1. The fourth-order valence-electron chi connectivity index (χ4n) is 2.27. The number of para-hydroxylation sites is 1. The Balaban J connectivity index is 2.07. The van der Waals surface area contributed by atoms with E-state index in [0.717, 1.165) is 12.2 Å². The number of nitrogens with zero attached hydrogens (tertiary/aromatic N) is 2. The number of hydrogen-bond acceptors (Lipinski definition) is 4. The summed E-state index contributed by atoms with van der Waals surface area (Å²) < 4.78 is 5.74. The summed E-state index contributed by atoms with van der Waals surface area (Å²) >= 11 is 0. The highest BCUT2D eigenvalue weighted by Gasteiger charge is 2.13. The summed E-state index contributed by atoms with van der Waals surface area (Å²) in [4.78, 5) is 27.5. The maximum atomic E-state index is 12.6. The molecule has 0 saturated carbocycles. The Bertz CT molecular complexity index is 757. The van der Waals surface area contributed by atoms with Crippen molar-refractivity contribution in [2.45, 2.75) is 6.92 Å². The molecule has 2 rings (SSSR count). The molecule has 0 unspecified atom stereocenters. The predicted molar refractivity (Wildman–Crippen MR) is 104 cm³/mol. The van der Waals surface area contributed by atoms with Gasteiger partial charge >= 0.3 is 0 Å². The summed E-state index contributed by atoms with van der Waals surface area (Å²) in [5.74, 6) is 0.267. The molecule has 2 aromatic rings. The van der Waals surface area contributed by atoms with Crippen molar-refractivity contribution >= 4 is 23.2 Å². The van der Waals surface area contributed by atoms with E-state index in [1.807, 2.05) is 25.1 Å². The molecule has 1 N–H and O–H groups in total. The van der Waals surface area contributed by atoms with Gasteiger partial charge in [0.25, 0.3) is 5.91 Å². The number of anilines is 2. The first-order chi connectivity index (χ1) is 12.4. The van der Waals surface area contributed by atoms with Crippen molar-refractivity contribution in [3.63, 3.8) is 0 Å². The molecule has 0 aliphatic rings. The molecule has 2 amide bonds. The van der Waals surface area contributed by atoms with Gasteiger partial charge in [0.1, 0.15) is 12.4 Å². The molecule has 0 atom stereocenters. The number of nitrogens with one attached hydrogen (secondary N) is 1. The molecule has 26 heavy (non-hydrogen) atoms. The Hall–Kier alpha value is -2.86. The van der Waals surface area contributed by atoms with Gasteiger partial charge in [0.2, 0.25) is 5.91 Å². The Labute approximate surface area is 154 Å². The van der Waals surface area contributed by atoms with Crippen LogP contribution in [0.1, 0.15) is 17.3 Å². The highest BCUT2D eigenvalue weighted by Crippen LogP contribution is 2.21. The molecular weight excluding hydrogens is 330 g/mol. The molecule has 0 aliphatic carbocycles. The van der Waals surface area contributed by atoms with E-state index in [9.17, 15) is 9.59 Å². The number of rotatable bonds is 7. The lowest BCUT2D eigenvalue weighted by molar-refractivity contribution is -0.116. The van der Waals surface area contributed by atoms with Crippen LogP contribution in [0.15, 0.2) is 48.5 Å². The molecule has 2 aromatic carbocycles. The van der Waals surface area contributed by atoms with E-state index in [-0.39, 0.29) is 11.8 Å². The third-order valence-electron chi connectivity index (χ3n) is 3.91. The first-order valence-corrected chi connectivity index (χ1v) is 8.40. The highest BCUT2D eigenvalue weighted by molar-refractivity contribution is 6.06. The van der Waals surface area contributed by atoms with Crippen LogP contribution in [0.4, 0.5) is 11.4 Å². The van der Waals surface area contributed by atoms with Crippen LogP contribution in [0, 0.1) is 0 Å². The van der Waals surface area contributed by atoms with Crippen LogP contribution in [0.25, 0.3) is 0 Å². The van der Waals surface area contributed by atoms with Crippen molar-refractivity contribution in [3.05, 3.63) is 54.1 Å². The molecule has 6 nitrogen and oxygen atoms in total. The minimum Gasteiger partial charge on any atom is -0.491 e. The van der Waals surface area contributed by atoms with E-state index in [1.54, 1.807) is 54.4 Å². The molecule has 138 valence electrons. The van der Waals surface area contributed by atoms with Crippen LogP contribution >= 0.6 is 0 Å². The largest absolute Gasteiger partial charge is 0.491 e. The van der Waals surface area contributed by atoms with Gasteiger partial charge in [-0.2, -0.15) is 0 Å². The monoisotopic (exact) mass is 355 g/mol. The summed E-state index contributed by atoms with van der Waals surface area (Å²) in [5, 5.41) is 2.86. The van der Waals surface area contributed by atoms with Crippen LogP contribution in [0.3, 0.4) is 0 Å². The summed E-state index contributed by atoms with van der Waals surface area (Å²) in [6, 6.07) is 14.3. The molecule has 0 aliphatic heterocycles. The fraction of sp³-hybridized carbons (Fsp3) is 0.300. The second-order valence-electron chi connectivity index (χ2n) is 6.23. The topological polar surface area (TPSA) is 61.9 Å². The van der Waals surface area contributed by atoms with E-state index in [2.05, 4.69) is 5.32 Å². The second-order valence-corrected chi connectivity index (χ2v) is 6.23. The summed E-state index contributed by atoms with van der Waals surface area (Å²) in [6.45, 7) is 2.77. The van der Waals surface area contributed by atoms with Crippen molar-refractivity contribution in [2.24, 2.45) is 0 Å². The Kier molecular flexibility index (Phi) is 6.74. The van der Waals surface area contributed by atoms with Gasteiger partial charge in [0, 0.05) is 31.9 Å². The predicted octanol–water partition coefficient (Wildman–Crippen LogP) is 2.86. The average Bonchev–Trinajstić information content (AvgIpc) is 2.61. The second kappa shape index (κ2) is 9.01. The van der Waals surface area contributed by atoms with Gasteiger partial charge in [-0.25, -0.2) is 0 Å². The third-order valence-corrected chi connectivity index (χ3v) is 3.91. The summed E-state index contributed by atoms with van der Waals surface area (Å²) in [5.41, 5.74) is 1.90. The zero-order chi connectivity index (χ0) is 19.1. The number of hydrogen-bond donors (Lipinski definition) is 1. The first kappa shape index (κ1) is 19.5. The zero-order valence-electron chi connectivity index (χ0n) is 15.7. The number of amides is 2. The Morgan fingerprint density at radius 3 is 2.27 bits per heavy atom. The number of benzene rings is 2. The van der Waals surface area contributed by atoms with Gasteiger partial charge in [-0.1, -0.05) is 12.1 Å². The normalized spacial score (nSPS) is 10.5. The van der Waals surface area contributed by atoms with Crippen molar-refractivity contribution in [1.82, 2.24) is 4.90 Å². The van der Waals surface area contributed by atoms with Gasteiger partial charge in [0.15, 0.2) is 0 Å². The quantitative estimate of drug-likeness (QED) is 0.830. The average molecular weight is 355 g/mol. The lowest BCUT2D eigenvalue weighted by Gasteiger charge is -2.16. The molecule has 0 radical (unpaired) electrons. The Morgan fingerprint density at radius 1 is 1.00 bits per heavy atom. The van der Waals surface area contributed by atoms with E-state index >= 15 is 0 Å². The maximum absolute atomic E-state index is 12.6. The Morgan fingerprint density at radius 2 is 1.65 bits per heavy atom. The minimum atomic E-state index is -0.238. The van der Waals surface area contributed by atoms with E-state index in [1.165, 1.54) is 6.92 Å². The van der Waals surface area contributed by atoms with Gasteiger partial charge in [0.05, 0.1) is 5.56 Å². The smallest absolute Gasteiger partial charge is 0.259 e. The SMILES string of the molecule is CC(=O)N(C)c1ccc(NC(=O)c2ccccc2OCCN(C)C)cc1.